The summed E-state index contributed by atoms with van der Waals surface area (Å²) in [6.07, 6.45) is -3.15. The van der Waals surface area contributed by atoms with Crippen LogP contribution in [0, 0.1) is 13.8 Å². The summed E-state index contributed by atoms with van der Waals surface area (Å²) >= 11 is 6.15. The molecular weight excluding hydrogens is 731 g/mol. The summed E-state index contributed by atoms with van der Waals surface area (Å²) in [4.78, 5) is 57.2. The predicted molar refractivity (Wildman–Crippen MR) is 193 cm³/mol. The molecule has 1 aliphatic heterocycles. The maximum atomic E-state index is 14.4. The summed E-state index contributed by atoms with van der Waals surface area (Å²) < 4.78 is 44.2. The number of aryl methyl sites for hydroxylation is 3. The van der Waals surface area contributed by atoms with Gasteiger partial charge in [-0.3, -0.25) is 19.1 Å². The Morgan fingerprint density at radius 2 is 1.76 bits per heavy atom. The summed E-state index contributed by atoms with van der Waals surface area (Å²) in [7, 11) is 1.83. The van der Waals surface area contributed by atoms with Crippen LogP contribution < -0.4 is 15.8 Å². The molecule has 0 spiro atoms. The third-order valence-electron chi connectivity index (χ3n) is 9.51. The number of rotatable bonds is 7. The molecule has 0 saturated carbocycles. The molecule has 19 heteroatoms. The highest BCUT2D eigenvalue weighted by Crippen LogP contribution is 2.34. The lowest BCUT2D eigenvalue weighted by molar-refractivity contribution is -0.137. The monoisotopic (exact) mass is 763 g/mol. The van der Waals surface area contributed by atoms with Gasteiger partial charge in [-0.2, -0.15) is 27.8 Å². The zero-order chi connectivity index (χ0) is 38.6. The van der Waals surface area contributed by atoms with Crippen LogP contribution in [0.4, 0.5) is 24.5 Å². The van der Waals surface area contributed by atoms with E-state index in [2.05, 4.69) is 25.5 Å². The highest BCUT2D eigenvalue weighted by Gasteiger charge is 2.32. The van der Waals surface area contributed by atoms with E-state index < -0.39 is 35.7 Å². The smallest absolute Gasteiger partial charge is 0.416 e. The highest BCUT2D eigenvalue weighted by molar-refractivity contribution is 6.33. The molecule has 1 saturated heterocycles. The zero-order valence-electron chi connectivity index (χ0n) is 29.4. The third-order valence-corrected chi connectivity index (χ3v) is 9.82. The fourth-order valence-corrected chi connectivity index (χ4v) is 6.77. The molecule has 4 aromatic heterocycles. The first-order chi connectivity index (χ1) is 25.7. The van der Waals surface area contributed by atoms with E-state index in [0.29, 0.717) is 11.3 Å². The number of aromatic nitrogens is 8. The molecule has 0 bridgehead atoms. The van der Waals surface area contributed by atoms with Gasteiger partial charge in [0.2, 0.25) is 11.7 Å². The molecule has 0 unspecified atom stereocenters. The summed E-state index contributed by atoms with van der Waals surface area (Å²) in [5.41, 5.74) is 1.62. The number of amides is 2. The van der Waals surface area contributed by atoms with Crippen molar-refractivity contribution < 1.29 is 27.9 Å². The van der Waals surface area contributed by atoms with Crippen molar-refractivity contribution in [3.05, 3.63) is 86.4 Å². The molecule has 1 aliphatic rings. The molecule has 5 heterocycles. The van der Waals surface area contributed by atoms with E-state index in [1.807, 2.05) is 37.9 Å². The van der Waals surface area contributed by atoms with Crippen molar-refractivity contribution in [1.82, 2.24) is 43.8 Å². The van der Waals surface area contributed by atoms with E-state index >= 15 is 0 Å². The standard InChI is InChI=1S/C35H33ClF3N11O4/c1-5-26-29(47-10-12-48(13-11-47)32(53)28-30(52)18(2)40-17-41-28)33(54)50-34(43-31(45-50)20-6-8-24-22(14-20)19(3)46(4)44-24)49(26)16-27(51)42-25-9-7-21(15-23(25)36)35(37,38)39/h6-9,14-15,17,52H,5,10-13,16H2,1-4H3,(H,42,51). The molecule has 2 aromatic carbocycles. The second-order valence-electron chi connectivity index (χ2n) is 12.8. The first-order valence-electron chi connectivity index (χ1n) is 16.8. The Kier molecular flexibility index (Phi) is 9.24. The lowest BCUT2D eigenvalue weighted by Gasteiger charge is -2.36. The number of hydrogen-bond acceptors (Lipinski definition) is 10. The Bertz CT molecular complexity index is 2540. The first-order valence-corrected chi connectivity index (χ1v) is 17.2. The van der Waals surface area contributed by atoms with Crippen molar-refractivity contribution in [1.29, 1.82) is 0 Å². The summed E-state index contributed by atoms with van der Waals surface area (Å²) in [5, 5.41) is 22.7. The maximum Gasteiger partial charge on any atom is 0.416 e. The molecule has 7 rings (SSSR count). The van der Waals surface area contributed by atoms with E-state index in [-0.39, 0.29) is 77.7 Å². The minimum absolute atomic E-state index is 0.0296. The average molecular weight is 764 g/mol. The first kappa shape index (κ1) is 36.3. The second-order valence-corrected chi connectivity index (χ2v) is 13.2. The number of carbonyl (C=O) groups excluding carboxylic acids is 2. The molecule has 6 aromatic rings. The summed E-state index contributed by atoms with van der Waals surface area (Å²) in [6.45, 7) is 5.70. The highest BCUT2D eigenvalue weighted by atomic mass is 35.5. The van der Waals surface area contributed by atoms with Gasteiger partial charge in [0.05, 0.1) is 33.2 Å². The second kappa shape index (κ2) is 13.7. The molecule has 54 heavy (non-hydrogen) atoms. The van der Waals surface area contributed by atoms with Crippen LogP contribution >= 0.6 is 11.6 Å². The van der Waals surface area contributed by atoms with Gasteiger partial charge in [-0.05, 0) is 56.7 Å². The average Bonchev–Trinajstić information content (AvgIpc) is 3.71. The van der Waals surface area contributed by atoms with Crippen LogP contribution in [0.2, 0.25) is 5.02 Å². The molecule has 0 aliphatic carbocycles. The number of nitrogens with one attached hydrogen (secondary N) is 1. The number of fused-ring (bicyclic) bond motifs is 2. The Hall–Kier alpha value is -6.04. The van der Waals surface area contributed by atoms with Crippen molar-refractivity contribution >= 4 is 51.5 Å². The van der Waals surface area contributed by atoms with Gasteiger partial charge >= 0.3 is 6.18 Å². The van der Waals surface area contributed by atoms with Gasteiger partial charge in [0.25, 0.3) is 11.5 Å². The Labute approximate surface area is 309 Å². The number of halogens is 4. The van der Waals surface area contributed by atoms with Gasteiger partial charge in [-0.25, -0.2) is 9.97 Å². The van der Waals surface area contributed by atoms with Crippen LogP contribution in [-0.4, -0.2) is 86.9 Å². The van der Waals surface area contributed by atoms with Crippen molar-refractivity contribution in [2.24, 2.45) is 7.05 Å². The molecule has 1 fully saturated rings. The van der Waals surface area contributed by atoms with Crippen LogP contribution in [-0.2, 0) is 31.0 Å². The fraction of sp³-hybridized carbons (Fsp3) is 0.314. The molecule has 2 N–H and O–H groups in total. The lowest BCUT2D eigenvalue weighted by Crippen LogP contribution is -2.51. The van der Waals surface area contributed by atoms with Crippen molar-refractivity contribution in [2.75, 3.05) is 36.4 Å². The van der Waals surface area contributed by atoms with Crippen LogP contribution in [0.5, 0.6) is 5.75 Å². The van der Waals surface area contributed by atoms with E-state index in [4.69, 9.17) is 16.6 Å². The molecular formula is C35H33ClF3N11O4. The Morgan fingerprint density at radius 3 is 2.44 bits per heavy atom. The fourth-order valence-electron chi connectivity index (χ4n) is 6.55. The number of aromatic hydroxyl groups is 1. The van der Waals surface area contributed by atoms with E-state index in [0.717, 1.165) is 39.3 Å². The number of benzene rings is 2. The van der Waals surface area contributed by atoms with Crippen molar-refractivity contribution in [2.45, 2.75) is 39.9 Å². The molecule has 0 atom stereocenters. The van der Waals surface area contributed by atoms with Gasteiger partial charge in [0.1, 0.15) is 18.6 Å². The third kappa shape index (κ3) is 6.46. The lowest BCUT2D eigenvalue weighted by atomic mass is 10.1. The Morgan fingerprint density at radius 1 is 1.02 bits per heavy atom. The van der Waals surface area contributed by atoms with Gasteiger partial charge in [-0.15, -0.1) is 5.10 Å². The molecule has 2 amide bonds. The number of piperazine rings is 1. The van der Waals surface area contributed by atoms with Gasteiger partial charge in [0, 0.05) is 49.9 Å². The maximum absolute atomic E-state index is 14.4. The molecule has 280 valence electrons. The normalized spacial score (nSPS) is 13.6. The van der Waals surface area contributed by atoms with Crippen LogP contribution in [0.3, 0.4) is 0 Å². The van der Waals surface area contributed by atoms with Crippen molar-refractivity contribution in [3.63, 3.8) is 0 Å². The number of carbonyl (C=O) groups is 2. The molecule has 0 radical (unpaired) electrons. The largest absolute Gasteiger partial charge is 0.504 e. The summed E-state index contributed by atoms with van der Waals surface area (Å²) in [6, 6.07) is 8.10. The number of nitrogens with zero attached hydrogens (tertiary/aromatic N) is 10. The van der Waals surface area contributed by atoms with Crippen LogP contribution in [0.15, 0.2) is 47.5 Å². The predicted octanol–water partition coefficient (Wildman–Crippen LogP) is 4.39. The number of hydrogen-bond donors (Lipinski definition) is 2. The number of alkyl halides is 3. The van der Waals surface area contributed by atoms with Gasteiger partial charge in [-0.1, -0.05) is 18.5 Å². The minimum atomic E-state index is -4.62. The Balaban J connectivity index is 1.28. The quantitative estimate of drug-likeness (QED) is 0.238. The van der Waals surface area contributed by atoms with Crippen molar-refractivity contribution in [3.8, 4) is 17.1 Å². The minimum Gasteiger partial charge on any atom is -0.504 e. The van der Waals surface area contributed by atoms with E-state index in [1.54, 1.807) is 22.2 Å². The summed E-state index contributed by atoms with van der Waals surface area (Å²) in [5.74, 6) is -1.15. The number of anilines is 2. The molecule has 15 nitrogen and oxygen atoms in total. The SMILES string of the molecule is CCc1c(N2CCN(C(=O)c3ncnc(C)c3O)CC2)c(=O)n2nc(-c3ccc4nn(C)c(C)c4c3)nc2n1CC(=O)Nc1ccc(C(F)(F)F)cc1Cl. The van der Waals surface area contributed by atoms with Gasteiger partial charge in [0.15, 0.2) is 17.3 Å². The van der Waals surface area contributed by atoms with Crippen LogP contribution in [0.25, 0.3) is 28.1 Å². The zero-order valence-corrected chi connectivity index (χ0v) is 30.2. The van der Waals surface area contributed by atoms with Gasteiger partial charge < -0.3 is 24.8 Å². The van der Waals surface area contributed by atoms with E-state index in [9.17, 15) is 32.7 Å². The van der Waals surface area contributed by atoms with Crippen LogP contribution in [0.1, 0.15) is 40.1 Å². The van der Waals surface area contributed by atoms with E-state index in [1.165, 1.54) is 11.2 Å². The topological polar surface area (TPSA) is 169 Å².